The van der Waals surface area contributed by atoms with Crippen LogP contribution in [0.1, 0.15) is 124 Å². The second-order valence-corrected chi connectivity index (χ2v) is 16.0. The normalized spacial score (nSPS) is 21.9. The molecule has 3 aliphatic rings. The SMILES string of the molecule is CCCCCCC(C)(C)c1cc(OP(=O)(OCC)OCC)c([C@H]2CC(=O)[C@H]3C[C@@H]2C3(C)C)c(OP(=O)(OCC)OCC)c1. The number of phosphoric acid groups is 2. The number of Topliss-reactive ketones (excluding diaryl/α,β-unsaturated/α-hetero) is 1. The summed E-state index contributed by atoms with van der Waals surface area (Å²) in [6.45, 7) is 18.0. The lowest BCUT2D eigenvalue weighted by atomic mass is 9.44. The molecule has 0 unspecified atom stereocenters. The van der Waals surface area contributed by atoms with Crippen molar-refractivity contribution in [3.8, 4) is 11.5 Å². The van der Waals surface area contributed by atoms with Crippen LogP contribution in [0.25, 0.3) is 0 Å². The molecule has 3 atom stereocenters. The quantitative estimate of drug-likeness (QED) is 0.107. The van der Waals surface area contributed by atoms with Crippen LogP contribution in [-0.4, -0.2) is 32.2 Å². The Hall–Kier alpha value is -1.21. The van der Waals surface area contributed by atoms with Gasteiger partial charge in [0, 0.05) is 23.8 Å². The van der Waals surface area contributed by atoms with E-state index in [4.69, 9.17) is 27.1 Å². The molecule has 4 rings (SSSR count). The van der Waals surface area contributed by atoms with Gasteiger partial charge in [-0.3, -0.25) is 22.9 Å². The Morgan fingerprint density at radius 3 is 1.70 bits per heavy atom. The number of carbonyl (C=O) groups excluding carboxylic acids is 1. The minimum Gasteiger partial charge on any atom is -0.404 e. The third-order valence-corrected chi connectivity index (χ3v) is 12.3. The number of phosphoric ester groups is 2. The molecule has 0 saturated heterocycles. The lowest BCUT2D eigenvalue weighted by molar-refractivity contribution is -0.151. The summed E-state index contributed by atoms with van der Waals surface area (Å²) >= 11 is 0. The Kier molecular flexibility index (Phi) is 12.6. The summed E-state index contributed by atoms with van der Waals surface area (Å²) in [5.74, 6) is 0.471. The van der Waals surface area contributed by atoms with Crippen molar-refractivity contribution < 1.29 is 41.1 Å². The molecule has 3 fully saturated rings. The molecule has 0 N–H and O–H groups in total. The highest BCUT2D eigenvalue weighted by atomic mass is 31.2. The number of hydrogen-bond acceptors (Lipinski definition) is 9. The van der Waals surface area contributed by atoms with Gasteiger partial charge in [0.1, 0.15) is 17.3 Å². The number of unbranched alkanes of at least 4 members (excludes halogenated alkanes) is 3. The largest absolute Gasteiger partial charge is 0.530 e. The number of ketones is 1. The topological polar surface area (TPSA) is 107 Å². The Morgan fingerprint density at radius 1 is 0.814 bits per heavy atom. The van der Waals surface area contributed by atoms with E-state index in [1.807, 2.05) is 12.1 Å². The Bertz CT molecular complexity index is 1120. The van der Waals surface area contributed by atoms with Gasteiger partial charge >= 0.3 is 15.6 Å². The van der Waals surface area contributed by atoms with Gasteiger partial charge in [-0.25, -0.2) is 9.13 Å². The van der Waals surface area contributed by atoms with E-state index in [1.54, 1.807) is 27.7 Å². The van der Waals surface area contributed by atoms with Crippen LogP contribution >= 0.6 is 15.6 Å². The van der Waals surface area contributed by atoms with Crippen LogP contribution < -0.4 is 9.05 Å². The van der Waals surface area contributed by atoms with E-state index in [-0.39, 0.29) is 78.7 Å². The van der Waals surface area contributed by atoms with Crippen LogP contribution in [0.3, 0.4) is 0 Å². The molecule has 0 radical (unpaired) electrons. The predicted octanol–water partition coefficient (Wildman–Crippen LogP) is 9.77. The van der Waals surface area contributed by atoms with Crippen molar-refractivity contribution in [1.29, 1.82) is 0 Å². The molecule has 9 nitrogen and oxygen atoms in total. The summed E-state index contributed by atoms with van der Waals surface area (Å²) in [5.41, 5.74) is 0.798. The summed E-state index contributed by atoms with van der Waals surface area (Å²) in [6.07, 6.45) is 6.32. The zero-order valence-electron chi connectivity index (χ0n) is 27.7. The molecule has 11 heteroatoms. The van der Waals surface area contributed by atoms with E-state index in [2.05, 4.69) is 34.6 Å². The van der Waals surface area contributed by atoms with Gasteiger partial charge in [0.15, 0.2) is 0 Å². The van der Waals surface area contributed by atoms with Crippen molar-refractivity contribution in [1.82, 2.24) is 0 Å². The van der Waals surface area contributed by atoms with Gasteiger partial charge in [-0.2, -0.15) is 0 Å². The number of rotatable bonds is 19. The molecule has 0 amide bonds. The molecule has 0 spiro atoms. The van der Waals surface area contributed by atoms with Crippen LogP contribution in [0.15, 0.2) is 12.1 Å². The second kappa shape index (κ2) is 14.9. The monoisotopic (exact) mass is 644 g/mol. The number of hydrogen-bond donors (Lipinski definition) is 0. The van der Waals surface area contributed by atoms with E-state index in [0.717, 1.165) is 44.1 Å². The molecule has 3 aliphatic carbocycles. The molecule has 1 aromatic carbocycles. The van der Waals surface area contributed by atoms with Gasteiger partial charge in [0.25, 0.3) is 0 Å². The lowest BCUT2D eigenvalue weighted by Crippen LogP contribution is -2.56. The highest BCUT2D eigenvalue weighted by Crippen LogP contribution is 2.66. The van der Waals surface area contributed by atoms with E-state index >= 15 is 0 Å². The maximum atomic E-state index is 13.8. The molecule has 0 aliphatic heterocycles. The van der Waals surface area contributed by atoms with Crippen LogP contribution in [0.2, 0.25) is 0 Å². The molecule has 0 heterocycles. The highest BCUT2D eigenvalue weighted by molar-refractivity contribution is 7.49. The number of carbonyl (C=O) groups is 1. The van der Waals surface area contributed by atoms with Gasteiger partial charge in [-0.05, 0) is 75.0 Å². The van der Waals surface area contributed by atoms with Crippen molar-refractivity contribution in [2.75, 3.05) is 26.4 Å². The zero-order valence-corrected chi connectivity index (χ0v) is 29.5. The van der Waals surface area contributed by atoms with Crippen molar-refractivity contribution in [3.05, 3.63) is 23.3 Å². The fraction of sp³-hybridized carbons (Fsp3) is 0.781. The molecule has 0 aromatic heterocycles. The van der Waals surface area contributed by atoms with Crippen molar-refractivity contribution in [2.24, 2.45) is 17.3 Å². The fourth-order valence-electron chi connectivity index (χ4n) is 6.69. The van der Waals surface area contributed by atoms with Crippen LogP contribution in [0.4, 0.5) is 0 Å². The van der Waals surface area contributed by atoms with Crippen LogP contribution in [0, 0.1) is 17.3 Å². The number of fused-ring (bicyclic) bond motifs is 2. The van der Waals surface area contributed by atoms with Crippen LogP contribution in [0.5, 0.6) is 11.5 Å². The van der Waals surface area contributed by atoms with Crippen molar-refractivity contribution in [3.63, 3.8) is 0 Å². The minimum absolute atomic E-state index is 0.000267. The van der Waals surface area contributed by atoms with Gasteiger partial charge < -0.3 is 9.05 Å². The second-order valence-electron chi connectivity index (χ2n) is 12.8. The first-order chi connectivity index (χ1) is 20.2. The minimum atomic E-state index is -4.04. The third kappa shape index (κ3) is 8.34. The smallest absolute Gasteiger partial charge is 0.404 e. The average Bonchev–Trinajstić information content (AvgIpc) is 2.90. The van der Waals surface area contributed by atoms with Gasteiger partial charge in [0.2, 0.25) is 0 Å². The summed E-state index contributed by atoms with van der Waals surface area (Å²) in [4.78, 5) is 13.3. The van der Waals surface area contributed by atoms with E-state index in [9.17, 15) is 13.9 Å². The average molecular weight is 645 g/mol. The van der Waals surface area contributed by atoms with Crippen molar-refractivity contribution >= 4 is 21.4 Å². The predicted molar refractivity (Wildman–Crippen MR) is 169 cm³/mol. The number of benzene rings is 1. The van der Waals surface area contributed by atoms with E-state index in [0.29, 0.717) is 5.56 Å². The maximum absolute atomic E-state index is 13.8. The molecule has 43 heavy (non-hydrogen) atoms. The zero-order chi connectivity index (χ0) is 32.1. The Balaban J connectivity index is 2.28. The summed E-state index contributed by atoms with van der Waals surface area (Å²) in [7, 11) is -8.09. The summed E-state index contributed by atoms with van der Waals surface area (Å²) in [6, 6.07) is 3.75. The molecular formula is C32H54O9P2. The third-order valence-electron chi connectivity index (χ3n) is 9.12. The van der Waals surface area contributed by atoms with Gasteiger partial charge in [-0.1, -0.05) is 60.3 Å². The van der Waals surface area contributed by atoms with E-state index in [1.165, 1.54) is 0 Å². The first-order valence-electron chi connectivity index (χ1n) is 16.1. The first kappa shape index (κ1) is 36.3. The van der Waals surface area contributed by atoms with Gasteiger partial charge in [-0.15, -0.1) is 0 Å². The first-order valence-corrected chi connectivity index (χ1v) is 19.0. The van der Waals surface area contributed by atoms with Crippen LogP contribution in [-0.2, 0) is 37.4 Å². The summed E-state index contributed by atoms with van der Waals surface area (Å²) < 4.78 is 62.3. The maximum Gasteiger partial charge on any atom is 0.530 e. The molecular weight excluding hydrogens is 590 g/mol. The molecule has 3 saturated carbocycles. The molecule has 1 aromatic rings. The fourth-order valence-corrected chi connectivity index (χ4v) is 9.10. The Labute approximate surface area is 259 Å². The standard InChI is InChI=1S/C32H54O9P2/c1-10-15-16-17-18-31(6,7)23-19-28(40-42(34,36-11-2)37-12-3)30(24-21-27(33)26-22-25(24)32(26,8)9)29(20-23)41-43(35,38-13-4)39-14-5/h19-20,24-26H,10-18,21-22H2,1-9H3/t24-,25-,26+/m0/s1. The summed E-state index contributed by atoms with van der Waals surface area (Å²) in [5, 5.41) is 0. The Morgan fingerprint density at radius 2 is 1.30 bits per heavy atom. The van der Waals surface area contributed by atoms with E-state index < -0.39 is 15.6 Å². The molecule has 246 valence electrons. The highest BCUT2D eigenvalue weighted by Gasteiger charge is 2.60. The lowest BCUT2D eigenvalue weighted by Gasteiger charge is -2.59. The molecule has 2 bridgehead atoms. The van der Waals surface area contributed by atoms with Crippen molar-refractivity contribution in [2.45, 2.75) is 119 Å². The van der Waals surface area contributed by atoms with Gasteiger partial charge in [0.05, 0.1) is 26.4 Å².